The highest BCUT2D eigenvalue weighted by molar-refractivity contribution is 6.13. The second-order valence-electron chi connectivity index (χ2n) is 7.00. The van der Waals surface area contributed by atoms with Crippen LogP contribution >= 0.6 is 0 Å². The Bertz CT molecular complexity index is 1010. The Kier molecular flexibility index (Phi) is 6.45. The fraction of sp³-hybridized carbons (Fsp3) is 0.160. The van der Waals surface area contributed by atoms with Gasteiger partial charge >= 0.3 is 0 Å². The maximum absolute atomic E-state index is 13.1. The van der Waals surface area contributed by atoms with E-state index >= 15 is 0 Å². The van der Waals surface area contributed by atoms with Gasteiger partial charge in [0.15, 0.2) is 0 Å². The van der Waals surface area contributed by atoms with E-state index in [9.17, 15) is 4.39 Å². The number of halogens is 1. The van der Waals surface area contributed by atoms with Crippen LogP contribution in [0.1, 0.15) is 35.6 Å². The normalized spacial score (nSPS) is 13.0. The van der Waals surface area contributed by atoms with Gasteiger partial charge in [-0.25, -0.2) is 4.39 Å². The number of rotatable bonds is 8. The monoisotopic (exact) mass is 387 g/mol. The minimum Gasteiger partial charge on any atom is -0.398 e. The Balaban J connectivity index is 1.83. The Morgan fingerprint density at radius 1 is 1.24 bits per heavy atom. The Morgan fingerprint density at radius 3 is 2.66 bits per heavy atom. The van der Waals surface area contributed by atoms with Crippen molar-refractivity contribution < 1.29 is 4.39 Å². The molecule has 29 heavy (non-hydrogen) atoms. The van der Waals surface area contributed by atoms with Gasteiger partial charge in [0, 0.05) is 29.1 Å². The second kappa shape index (κ2) is 9.20. The molecule has 3 nitrogen and oxygen atoms in total. The van der Waals surface area contributed by atoms with Gasteiger partial charge in [0.1, 0.15) is 5.82 Å². The van der Waals surface area contributed by atoms with Gasteiger partial charge in [0.05, 0.1) is 5.71 Å². The van der Waals surface area contributed by atoms with Gasteiger partial charge in [-0.3, -0.25) is 0 Å². The number of nitrogens with two attached hydrogens (primary N) is 1. The summed E-state index contributed by atoms with van der Waals surface area (Å²) in [6, 6.07) is 9.95. The molecule has 2 aromatic rings. The summed E-state index contributed by atoms with van der Waals surface area (Å²) in [5.41, 5.74) is 12.8. The largest absolute Gasteiger partial charge is 0.398 e. The Hall–Kier alpha value is -3.40. The molecule has 0 aliphatic heterocycles. The highest BCUT2D eigenvalue weighted by Crippen LogP contribution is 2.27. The number of hydrogen-bond acceptors (Lipinski definition) is 3. The first-order valence-electron chi connectivity index (χ1n) is 9.71. The van der Waals surface area contributed by atoms with Crippen LogP contribution < -0.4 is 11.1 Å². The van der Waals surface area contributed by atoms with Crippen molar-refractivity contribution in [1.29, 1.82) is 5.41 Å². The van der Waals surface area contributed by atoms with Crippen LogP contribution in [0.5, 0.6) is 0 Å². The predicted molar refractivity (Wildman–Crippen MR) is 121 cm³/mol. The predicted octanol–water partition coefficient (Wildman–Crippen LogP) is 5.50. The summed E-state index contributed by atoms with van der Waals surface area (Å²) in [7, 11) is 0. The first kappa shape index (κ1) is 20.3. The minimum absolute atomic E-state index is 0.280. The molecule has 0 amide bonds. The lowest BCUT2D eigenvalue weighted by atomic mass is 9.92. The maximum atomic E-state index is 13.1. The molecule has 1 aliphatic carbocycles. The lowest BCUT2D eigenvalue weighted by molar-refractivity contribution is 0.628. The van der Waals surface area contributed by atoms with Gasteiger partial charge in [-0.15, -0.1) is 0 Å². The highest BCUT2D eigenvalue weighted by atomic mass is 19.1. The van der Waals surface area contributed by atoms with Crippen molar-refractivity contribution in [1.82, 2.24) is 5.32 Å². The van der Waals surface area contributed by atoms with Crippen molar-refractivity contribution in [3.8, 4) is 0 Å². The number of allylic oxidation sites excluding steroid dienone is 4. The van der Waals surface area contributed by atoms with Crippen LogP contribution in [0.15, 0.2) is 72.9 Å². The summed E-state index contributed by atoms with van der Waals surface area (Å²) >= 11 is 0. The first-order chi connectivity index (χ1) is 14.0. The molecular formula is C25H26FN3. The van der Waals surface area contributed by atoms with Gasteiger partial charge in [0.2, 0.25) is 0 Å². The molecule has 0 heterocycles. The zero-order valence-electron chi connectivity index (χ0n) is 16.6. The van der Waals surface area contributed by atoms with E-state index in [4.69, 9.17) is 11.1 Å². The van der Waals surface area contributed by atoms with Crippen molar-refractivity contribution >= 4 is 23.2 Å². The molecule has 0 aromatic heterocycles. The molecule has 0 radical (unpaired) electrons. The van der Waals surface area contributed by atoms with E-state index in [1.165, 1.54) is 17.7 Å². The SMILES string of the molecule is C=C(NCC1=CC=CC1)c1ccc(N)c(C(=N)/C=C/c2ccc(F)cc2)c1CC. The number of hydrogen-bond donors (Lipinski definition) is 3. The molecule has 0 bridgehead atoms. The van der Waals surface area contributed by atoms with Gasteiger partial charge < -0.3 is 16.5 Å². The first-order valence-corrected chi connectivity index (χ1v) is 9.71. The van der Waals surface area contributed by atoms with Gasteiger partial charge in [-0.05, 0) is 53.8 Å². The van der Waals surface area contributed by atoms with Crippen LogP contribution in [0.3, 0.4) is 0 Å². The quantitative estimate of drug-likeness (QED) is 0.414. The van der Waals surface area contributed by atoms with E-state index < -0.39 is 0 Å². The molecule has 0 saturated carbocycles. The van der Waals surface area contributed by atoms with E-state index in [-0.39, 0.29) is 5.82 Å². The molecular weight excluding hydrogens is 361 g/mol. The average molecular weight is 388 g/mol. The Labute approximate surface area is 171 Å². The van der Waals surface area contributed by atoms with E-state index in [2.05, 4.69) is 37.0 Å². The van der Waals surface area contributed by atoms with Crippen LogP contribution in [0.2, 0.25) is 0 Å². The Morgan fingerprint density at radius 2 is 2.00 bits per heavy atom. The third-order valence-electron chi connectivity index (χ3n) is 4.98. The van der Waals surface area contributed by atoms with E-state index in [1.807, 2.05) is 12.1 Å². The lowest BCUT2D eigenvalue weighted by Crippen LogP contribution is -2.17. The summed E-state index contributed by atoms with van der Waals surface area (Å²) < 4.78 is 13.1. The standard InChI is InChI=1S/C25H26FN3/c1-3-21-22(17(2)29-16-19-6-4-5-7-19)13-15-24(28)25(21)23(27)14-10-18-8-11-20(26)12-9-18/h4-6,8-15,27,29H,2-3,7,16,28H2,1H3/b14-10+,27-23?. The summed E-state index contributed by atoms with van der Waals surface area (Å²) in [4.78, 5) is 0. The number of nitrogen functional groups attached to an aromatic ring is 1. The third-order valence-corrected chi connectivity index (χ3v) is 4.98. The van der Waals surface area contributed by atoms with Crippen LogP contribution in [-0.4, -0.2) is 12.3 Å². The average Bonchev–Trinajstić information content (AvgIpc) is 3.24. The smallest absolute Gasteiger partial charge is 0.123 e. The molecule has 0 atom stereocenters. The van der Waals surface area contributed by atoms with Crippen molar-refractivity contribution in [3.63, 3.8) is 0 Å². The molecule has 0 unspecified atom stereocenters. The summed E-state index contributed by atoms with van der Waals surface area (Å²) in [5, 5.41) is 12.0. The number of nitrogens with one attached hydrogen (secondary N) is 2. The highest BCUT2D eigenvalue weighted by Gasteiger charge is 2.15. The molecule has 148 valence electrons. The van der Waals surface area contributed by atoms with Crippen LogP contribution in [0.4, 0.5) is 10.1 Å². The van der Waals surface area contributed by atoms with E-state index in [0.717, 1.165) is 41.8 Å². The lowest BCUT2D eigenvalue weighted by Gasteiger charge is -2.18. The van der Waals surface area contributed by atoms with Crippen LogP contribution in [-0.2, 0) is 6.42 Å². The summed E-state index contributed by atoms with van der Waals surface area (Å²) in [6.07, 6.45) is 11.5. The van der Waals surface area contributed by atoms with Gasteiger partial charge in [0.25, 0.3) is 0 Å². The second-order valence-corrected chi connectivity index (χ2v) is 7.00. The topological polar surface area (TPSA) is 61.9 Å². The van der Waals surface area contributed by atoms with Crippen molar-refractivity contribution in [2.45, 2.75) is 19.8 Å². The fourth-order valence-electron chi connectivity index (χ4n) is 3.41. The van der Waals surface area contributed by atoms with Gasteiger partial charge in [-0.2, -0.15) is 0 Å². The molecule has 0 fully saturated rings. The fourth-order valence-corrected chi connectivity index (χ4v) is 3.41. The molecule has 4 heteroatoms. The summed E-state index contributed by atoms with van der Waals surface area (Å²) in [5.74, 6) is -0.280. The van der Waals surface area contributed by atoms with Crippen LogP contribution in [0.25, 0.3) is 11.8 Å². The third kappa shape index (κ3) is 4.91. The number of benzene rings is 2. The number of anilines is 1. The zero-order valence-corrected chi connectivity index (χ0v) is 16.6. The van der Waals surface area contributed by atoms with Crippen LogP contribution in [0, 0.1) is 11.2 Å². The zero-order chi connectivity index (χ0) is 20.8. The molecule has 1 aliphatic rings. The minimum atomic E-state index is -0.280. The molecule has 0 saturated heterocycles. The maximum Gasteiger partial charge on any atom is 0.123 e. The van der Waals surface area contributed by atoms with Crippen molar-refractivity contribution in [2.24, 2.45) is 0 Å². The van der Waals surface area contributed by atoms with E-state index in [1.54, 1.807) is 24.3 Å². The molecule has 3 rings (SSSR count). The van der Waals surface area contributed by atoms with Gasteiger partial charge in [-0.1, -0.05) is 56.0 Å². The van der Waals surface area contributed by atoms with Crippen molar-refractivity contribution in [2.75, 3.05) is 12.3 Å². The summed E-state index contributed by atoms with van der Waals surface area (Å²) in [6.45, 7) is 7.00. The molecule has 2 aromatic carbocycles. The van der Waals surface area contributed by atoms with Crippen molar-refractivity contribution in [3.05, 3.63) is 101 Å². The molecule has 0 spiro atoms. The van der Waals surface area contributed by atoms with E-state index in [0.29, 0.717) is 17.0 Å². The molecule has 4 N–H and O–H groups in total.